The van der Waals surface area contributed by atoms with Crippen molar-refractivity contribution in [1.29, 1.82) is 0 Å². The predicted octanol–water partition coefficient (Wildman–Crippen LogP) is -0.0900. The minimum atomic E-state index is -1.40. The summed E-state index contributed by atoms with van der Waals surface area (Å²) in [6.07, 6.45) is 2.51. The van der Waals surface area contributed by atoms with E-state index in [0.29, 0.717) is 0 Å². The van der Waals surface area contributed by atoms with Crippen molar-refractivity contribution in [2.24, 2.45) is 5.92 Å². The Kier molecular flexibility index (Phi) is 3.27. The van der Waals surface area contributed by atoms with Gasteiger partial charge in [-0.05, 0) is 32.2 Å². The topological polar surface area (TPSA) is 58.6 Å². The highest BCUT2D eigenvalue weighted by Gasteiger charge is 2.31. The van der Waals surface area contributed by atoms with Gasteiger partial charge in [0.25, 0.3) is 0 Å². The van der Waals surface area contributed by atoms with E-state index in [9.17, 15) is 9.90 Å². The first-order valence-electron chi connectivity index (χ1n) is 4.58. The fraction of sp³-hybridized carbons (Fsp3) is 0.889. The highest BCUT2D eigenvalue weighted by atomic mass is 16.5. The first-order chi connectivity index (χ1) is 6.06. The molecule has 76 valence electrons. The third-order valence-corrected chi connectivity index (χ3v) is 2.22. The Morgan fingerprint density at radius 3 is 2.77 bits per heavy atom. The second kappa shape index (κ2) is 4.07. The summed E-state index contributed by atoms with van der Waals surface area (Å²) in [7, 11) is 1.28. The van der Waals surface area contributed by atoms with Crippen LogP contribution >= 0.6 is 0 Å². The Labute approximate surface area is 78.3 Å². The van der Waals surface area contributed by atoms with Crippen molar-refractivity contribution in [2.45, 2.75) is 25.4 Å². The molecule has 1 aliphatic carbocycles. The quantitative estimate of drug-likeness (QED) is 0.591. The SMILES string of the molecule is COC(=O)C(C)(O)CNCC1CC1. The molecule has 1 fully saturated rings. The summed E-state index contributed by atoms with van der Waals surface area (Å²) in [5.74, 6) is 0.157. The molecule has 1 saturated carbocycles. The van der Waals surface area contributed by atoms with Crippen LogP contribution in [-0.2, 0) is 9.53 Å². The van der Waals surface area contributed by atoms with E-state index >= 15 is 0 Å². The Morgan fingerprint density at radius 1 is 1.69 bits per heavy atom. The van der Waals surface area contributed by atoms with E-state index < -0.39 is 11.6 Å². The van der Waals surface area contributed by atoms with E-state index in [1.54, 1.807) is 0 Å². The molecular weight excluding hydrogens is 170 g/mol. The molecule has 0 amide bonds. The van der Waals surface area contributed by atoms with Gasteiger partial charge in [0.05, 0.1) is 7.11 Å². The molecule has 13 heavy (non-hydrogen) atoms. The van der Waals surface area contributed by atoms with Crippen LogP contribution in [0.25, 0.3) is 0 Å². The van der Waals surface area contributed by atoms with Crippen LogP contribution in [0.2, 0.25) is 0 Å². The molecule has 1 rings (SSSR count). The standard InChI is InChI=1S/C9H17NO3/c1-9(12,8(11)13-2)6-10-5-7-3-4-7/h7,10,12H,3-6H2,1-2H3. The van der Waals surface area contributed by atoms with Crippen molar-refractivity contribution in [3.05, 3.63) is 0 Å². The van der Waals surface area contributed by atoms with Crippen LogP contribution in [0.5, 0.6) is 0 Å². The van der Waals surface area contributed by atoms with Gasteiger partial charge < -0.3 is 15.2 Å². The molecule has 1 unspecified atom stereocenters. The minimum absolute atomic E-state index is 0.260. The van der Waals surface area contributed by atoms with E-state index in [2.05, 4.69) is 10.1 Å². The van der Waals surface area contributed by atoms with E-state index in [4.69, 9.17) is 0 Å². The normalized spacial score (nSPS) is 20.8. The predicted molar refractivity (Wildman–Crippen MR) is 48.2 cm³/mol. The molecule has 0 aromatic rings. The van der Waals surface area contributed by atoms with Crippen LogP contribution in [-0.4, -0.2) is 36.9 Å². The van der Waals surface area contributed by atoms with Crippen LogP contribution in [0.4, 0.5) is 0 Å². The Hall–Kier alpha value is -0.610. The first-order valence-corrected chi connectivity index (χ1v) is 4.58. The van der Waals surface area contributed by atoms with Crippen molar-refractivity contribution in [1.82, 2.24) is 5.32 Å². The van der Waals surface area contributed by atoms with Gasteiger partial charge in [-0.2, -0.15) is 0 Å². The summed E-state index contributed by atoms with van der Waals surface area (Å²) in [4.78, 5) is 11.0. The molecule has 4 nitrogen and oxygen atoms in total. The molecule has 4 heteroatoms. The number of carbonyl (C=O) groups excluding carboxylic acids is 1. The number of aliphatic hydroxyl groups is 1. The Balaban J connectivity index is 2.19. The van der Waals surface area contributed by atoms with Gasteiger partial charge in [-0.25, -0.2) is 4.79 Å². The largest absolute Gasteiger partial charge is 0.467 e. The van der Waals surface area contributed by atoms with E-state index in [1.165, 1.54) is 26.9 Å². The van der Waals surface area contributed by atoms with Gasteiger partial charge in [-0.3, -0.25) is 0 Å². The maximum absolute atomic E-state index is 11.0. The van der Waals surface area contributed by atoms with Gasteiger partial charge in [0.2, 0.25) is 0 Å². The van der Waals surface area contributed by atoms with Crippen LogP contribution in [0.1, 0.15) is 19.8 Å². The van der Waals surface area contributed by atoms with Crippen LogP contribution < -0.4 is 5.32 Å². The fourth-order valence-corrected chi connectivity index (χ4v) is 1.13. The molecule has 0 aliphatic heterocycles. The molecule has 0 spiro atoms. The number of nitrogens with one attached hydrogen (secondary N) is 1. The molecule has 2 N–H and O–H groups in total. The monoisotopic (exact) mass is 187 g/mol. The van der Waals surface area contributed by atoms with Gasteiger partial charge in [-0.15, -0.1) is 0 Å². The molecule has 0 aromatic heterocycles. The highest BCUT2D eigenvalue weighted by molar-refractivity contribution is 5.78. The van der Waals surface area contributed by atoms with E-state index in [-0.39, 0.29) is 6.54 Å². The molecule has 0 radical (unpaired) electrons. The van der Waals surface area contributed by atoms with Gasteiger partial charge >= 0.3 is 5.97 Å². The molecule has 0 heterocycles. The second-order valence-electron chi connectivity index (χ2n) is 3.84. The summed E-state index contributed by atoms with van der Waals surface area (Å²) < 4.78 is 4.46. The molecule has 1 aliphatic rings. The van der Waals surface area contributed by atoms with Crippen LogP contribution in [0, 0.1) is 5.92 Å². The van der Waals surface area contributed by atoms with Crippen molar-refractivity contribution >= 4 is 5.97 Å². The van der Waals surface area contributed by atoms with Crippen molar-refractivity contribution in [3.8, 4) is 0 Å². The number of ether oxygens (including phenoxy) is 1. The number of esters is 1. The summed E-state index contributed by atoms with van der Waals surface area (Å²) in [5, 5.41) is 12.6. The Bertz CT molecular complexity index is 187. The molecule has 0 bridgehead atoms. The number of rotatable bonds is 5. The van der Waals surface area contributed by atoms with Crippen molar-refractivity contribution < 1.29 is 14.6 Å². The average Bonchev–Trinajstić information content (AvgIpc) is 2.86. The number of hydrogen-bond donors (Lipinski definition) is 2. The number of methoxy groups -OCH3 is 1. The first kappa shape index (κ1) is 10.5. The lowest BCUT2D eigenvalue weighted by molar-refractivity contribution is -0.159. The van der Waals surface area contributed by atoms with Crippen molar-refractivity contribution in [2.75, 3.05) is 20.2 Å². The number of carbonyl (C=O) groups is 1. The zero-order chi connectivity index (χ0) is 9.90. The summed E-state index contributed by atoms with van der Waals surface area (Å²) in [5.41, 5.74) is -1.40. The third-order valence-electron chi connectivity index (χ3n) is 2.22. The smallest absolute Gasteiger partial charge is 0.338 e. The lowest BCUT2D eigenvalue weighted by Crippen LogP contribution is -2.46. The van der Waals surface area contributed by atoms with E-state index in [0.717, 1.165) is 12.5 Å². The van der Waals surface area contributed by atoms with Crippen LogP contribution in [0.3, 0.4) is 0 Å². The zero-order valence-corrected chi connectivity index (χ0v) is 8.17. The van der Waals surface area contributed by atoms with Gasteiger partial charge in [-0.1, -0.05) is 0 Å². The lowest BCUT2D eigenvalue weighted by Gasteiger charge is -2.20. The fourth-order valence-electron chi connectivity index (χ4n) is 1.13. The second-order valence-corrected chi connectivity index (χ2v) is 3.84. The summed E-state index contributed by atoms with van der Waals surface area (Å²) in [6, 6.07) is 0. The maximum Gasteiger partial charge on any atom is 0.338 e. The van der Waals surface area contributed by atoms with E-state index in [1.807, 2.05) is 0 Å². The molecule has 1 atom stereocenters. The minimum Gasteiger partial charge on any atom is -0.467 e. The third kappa shape index (κ3) is 3.32. The lowest BCUT2D eigenvalue weighted by atomic mass is 10.1. The summed E-state index contributed by atoms with van der Waals surface area (Å²) in [6.45, 7) is 2.60. The molecule has 0 aromatic carbocycles. The Morgan fingerprint density at radius 2 is 2.31 bits per heavy atom. The van der Waals surface area contributed by atoms with Gasteiger partial charge in [0, 0.05) is 6.54 Å². The molecular formula is C9H17NO3. The highest BCUT2D eigenvalue weighted by Crippen LogP contribution is 2.27. The van der Waals surface area contributed by atoms with Crippen LogP contribution in [0.15, 0.2) is 0 Å². The number of hydrogen-bond acceptors (Lipinski definition) is 4. The van der Waals surface area contributed by atoms with Gasteiger partial charge in [0.1, 0.15) is 0 Å². The average molecular weight is 187 g/mol. The summed E-state index contributed by atoms with van der Waals surface area (Å²) >= 11 is 0. The molecule has 0 saturated heterocycles. The maximum atomic E-state index is 11.0. The van der Waals surface area contributed by atoms with Gasteiger partial charge in [0.15, 0.2) is 5.60 Å². The zero-order valence-electron chi connectivity index (χ0n) is 8.17. The van der Waals surface area contributed by atoms with Crippen molar-refractivity contribution in [3.63, 3.8) is 0 Å².